The van der Waals surface area contributed by atoms with Crippen LogP contribution in [-0.2, 0) is 4.74 Å². The monoisotopic (exact) mass is 329 g/mol. The predicted molar refractivity (Wildman–Crippen MR) is 87.2 cm³/mol. The molecule has 1 aliphatic rings. The first kappa shape index (κ1) is 18.5. The lowest BCUT2D eigenvalue weighted by Crippen LogP contribution is -3.11. The maximum absolute atomic E-state index is 6.23. The number of hydrogen-bond donors (Lipinski definition) is 1. The summed E-state index contributed by atoms with van der Waals surface area (Å²) in [4.78, 5) is 2.93. The van der Waals surface area contributed by atoms with E-state index in [-0.39, 0.29) is 12.4 Å². The zero-order valence-electron chi connectivity index (χ0n) is 13.3. The summed E-state index contributed by atoms with van der Waals surface area (Å²) < 4.78 is 6.23. The number of thiophene rings is 1. The molecule has 1 aromatic rings. The number of likely N-dealkylation sites (N-methyl/N-ethyl adjacent to an activating group) is 1. The summed E-state index contributed by atoms with van der Waals surface area (Å²) in [7, 11) is 0. The number of hydrogen-bond acceptors (Lipinski definition) is 2. The number of allylic oxidation sites excluding steroid dienone is 1. The summed E-state index contributed by atoms with van der Waals surface area (Å²) >= 11 is 1.81. The fourth-order valence-corrected chi connectivity index (χ4v) is 3.63. The third-order valence-corrected chi connectivity index (χ3v) is 5.09. The third kappa shape index (κ3) is 5.65. The Bertz CT molecular complexity index is 404. The zero-order valence-corrected chi connectivity index (χ0v) is 14.9. The van der Waals surface area contributed by atoms with Gasteiger partial charge in [-0.1, -0.05) is 12.5 Å². The van der Waals surface area contributed by atoms with E-state index in [9.17, 15) is 0 Å². The van der Waals surface area contributed by atoms with Gasteiger partial charge in [0.2, 0.25) is 0 Å². The lowest BCUT2D eigenvalue weighted by Gasteiger charge is -2.21. The lowest BCUT2D eigenvalue weighted by atomic mass is 9.93. The molecule has 2 rings (SSSR count). The Morgan fingerprint density at radius 1 is 1.19 bits per heavy atom. The molecule has 1 heterocycles. The van der Waals surface area contributed by atoms with Gasteiger partial charge in [-0.2, -0.15) is 0 Å². The Kier molecular flexibility index (Phi) is 9.05. The summed E-state index contributed by atoms with van der Waals surface area (Å²) in [5.74, 6) is 1.20. The number of ether oxygens (including phenoxy) is 1. The normalized spacial score (nSPS) is 14.9. The van der Waals surface area contributed by atoms with Crippen LogP contribution in [0.3, 0.4) is 0 Å². The van der Waals surface area contributed by atoms with Gasteiger partial charge in [0.25, 0.3) is 0 Å². The molecule has 1 aromatic heterocycles. The maximum atomic E-state index is 6.23. The minimum Gasteiger partial charge on any atom is -1.00 e. The number of rotatable bonds is 7. The van der Waals surface area contributed by atoms with Crippen molar-refractivity contribution in [3.63, 3.8) is 0 Å². The highest BCUT2D eigenvalue weighted by molar-refractivity contribution is 7.11. The van der Waals surface area contributed by atoms with Gasteiger partial charge in [0.05, 0.1) is 18.0 Å². The van der Waals surface area contributed by atoms with E-state index in [1.807, 2.05) is 0 Å². The molecule has 0 spiro atoms. The molecule has 0 saturated heterocycles. The van der Waals surface area contributed by atoms with Crippen molar-refractivity contribution in [2.45, 2.75) is 46.0 Å². The van der Waals surface area contributed by atoms with Gasteiger partial charge in [0, 0.05) is 0 Å². The third-order valence-electron chi connectivity index (χ3n) is 4.23. The second-order valence-electron chi connectivity index (χ2n) is 5.53. The van der Waals surface area contributed by atoms with Crippen LogP contribution >= 0.6 is 11.3 Å². The quantitative estimate of drug-likeness (QED) is 0.714. The van der Waals surface area contributed by atoms with Gasteiger partial charge < -0.3 is 22.0 Å². The van der Waals surface area contributed by atoms with Crippen LogP contribution in [-0.4, -0.2) is 26.2 Å². The summed E-state index contributed by atoms with van der Waals surface area (Å²) in [6, 6.07) is 4.33. The van der Waals surface area contributed by atoms with Crippen LogP contribution in [0.25, 0.3) is 5.76 Å². The molecule has 0 amide bonds. The van der Waals surface area contributed by atoms with E-state index in [1.165, 1.54) is 55.8 Å². The lowest BCUT2D eigenvalue weighted by molar-refractivity contribution is -0.896. The Labute approximate surface area is 139 Å². The van der Waals surface area contributed by atoms with Crippen molar-refractivity contribution in [1.29, 1.82) is 0 Å². The first-order valence-corrected chi connectivity index (χ1v) is 8.95. The van der Waals surface area contributed by atoms with Gasteiger partial charge in [-0.3, -0.25) is 0 Å². The van der Waals surface area contributed by atoms with Gasteiger partial charge in [0.1, 0.15) is 18.9 Å². The number of halogens is 1. The molecule has 2 nitrogen and oxygen atoms in total. The minimum atomic E-state index is 0. The van der Waals surface area contributed by atoms with Crippen molar-refractivity contribution in [2.75, 3.05) is 26.2 Å². The van der Waals surface area contributed by atoms with Gasteiger partial charge in [0.15, 0.2) is 0 Å². The minimum absolute atomic E-state index is 0. The van der Waals surface area contributed by atoms with Crippen molar-refractivity contribution < 1.29 is 22.0 Å². The highest BCUT2D eigenvalue weighted by Crippen LogP contribution is 2.33. The van der Waals surface area contributed by atoms with Crippen molar-refractivity contribution >= 4 is 17.1 Å². The average Bonchev–Trinajstić information content (AvgIpc) is 3.02. The molecule has 0 atom stereocenters. The Morgan fingerprint density at radius 3 is 2.48 bits per heavy atom. The Hall–Kier alpha value is -0.510. The molecule has 1 aliphatic carbocycles. The van der Waals surface area contributed by atoms with Crippen LogP contribution in [0.1, 0.15) is 50.8 Å². The van der Waals surface area contributed by atoms with Crippen molar-refractivity contribution in [1.82, 2.24) is 0 Å². The van der Waals surface area contributed by atoms with Crippen LogP contribution in [0.5, 0.6) is 0 Å². The van der Waals surface area contributed by atoms with E-state index in [1.54, 1.807) is 21.8 Å². The molecule has 1 N–H and O–H groups in total. The van der Waals surface area contributed by atoms with E-state index in [2.05, 4.69) is 31.4 Å². The van der Waals surface area contributed by atoms with E-state index in [0.29, 0.717) is 0 Å². The molecule has 21 heavy (non-hydrogen) atoms. The van der Waals surface area contributed by atoms with Gasteiger partial charge >= 0.3 is 0 Å². The van der Waals surface area contributed by atoms with Gasteiger partial charge in [-0.15, -0.1) is 11.3 Å². The van der Waals surface area contributed by atoms with Crippen LogP contribution in [0, 0.1) is 0 Å². The first-order chi connectivity index (χ1) is 9.85. The highest BCUT2D eigenvalue weighted by atomic mass is 35.5. The van der Waals surface area contributed by atoms with E-state index < -0.39 is 0 Å². The van der Waals surface area contributed by atoms with Crippen molar-refractivity contribution in [2.24, 2.45) is 0 Å². The zero-order chi connectivity index (χ0) is 14.2. The first-order valence-electron chi connectivity index (χ1n) is 8.07. The molecule has 0 aliphatic heterocycles. The highest BCUT2D eigenvalue weighted by Gasteiger charge is 2.16. The second-order valence-corrected chi connectivity index (χ2v) is 6.47. The van der Waals surface area contributed by atoms with Crippen LogP contribution < -0.4 is 17.3 Å². The predicted octanol–water partition coefficient (Wildman–Crippen LogP) is 0.369. The molecule has 4 heteroatoms. The fraction of sp³-hybridized carbons (Fsp3) is 0.647. The average molecular weight is 330 g/mol. The number of quaternary nitrogens is 1. The summed E-state index contributed by atoms with van der Waals surface area (Å²) in [6.07, 6.45) is 6.49. The van der Waals surface area contributed by atoms with Crippen LogP contribution in [0.15, 0.2) is 23.1 Å². The van der Waals surface area contributed by atoms with Crippen molar-refractivity contribution in [3.8, 4) is 0 Å². The smallest absolute Gasteiger partial charge is 0.137 e. The summed E-state index contributed by atoms with van der Waals surface area (Å²) in [6.45, 7) is 8.82. The van der Waals surface area contributed by atoms with Gasteiger partial charge in [-0.25, -0.2) is 0 Å². The topological polar surface area (TPSA) is 13.7 Å². The summed E-state index contributed by atoms with van der Waals surface area (Å²) in [5.41, 5.74) is 1.55. The molecule has 1 fully saturated rings. The molecule has 120 valence electrons. The van der Waals surface area contributed by atoms with E-state index >= 15 is 0 Å². The van der Waals surface area contributed by atoms with E-state index in [4.69, 9.17) is 4.74 Å². The molecule has 0 bridgehead atoms. The fourth-order valence-electron chi connectivity index (χ4n) is 2.86. The van der Waals surface area contributed by atoms with Crippen molar-refractivity contribution in [3.05, 3.63) is 28.0 Å². The molecule has 0 aromatic carbocycles. The molecular formula is C17H28ClNOS. The van der Waals surface area contributed by atoms with E-state index in [0.717, 1.165) is 13.2 Å². The summed E-state index contributed by atoms with van der Waals surface area (Å²) in [5, 5.41) is 2.15. The Morgan fingerprint density at radius 2 is 1.90 bits per heavy atom. The number of nitrogens with one attached hydrogen (secondary N) is 1. The molecule has 0 unspecified atom stereocenters. The molecule has 0 radical (unpaired) electrons. The largest absolute Gasteiger partial charge is 1.00 e. The Balaban J connectivity index is 0.00000220. The second kappa shape index (κ2) is 10.3. The molecular weight excluding hydrogens is 302 g/mol. The molecule has 1 saturated carbocycles. The van der Waals surface area contributed by atoms with Crippen LogP contribution in [0.4, 0.5) is 0 Å². The maximum Gasteiger partial charge on any atom is 0.137 e. The standard InChI is InChI=1S/C17H27NOS.ClH/c1-3-18(4-2)12-13-19-17(16-11-8-14-20-16)15-9-6-5-7-10-15;/h8,11,14H,3-7,9-10,12-13H2,1-2H3;1H. The van der Waals surface area contributed by atoms with Gasteiger partial charge in [-0.05, 0) is 56.6 Å². The van der Waals surface area contributed by atoms with Crippen LogP contribution in [0.2, 0.25) is 0 Å². The SMILES string of the molecule is CC[NH+](CC)CCOC(=C1CCCCC1)c1cccs1.[Cl-].